The second-order valence-electron chi connectivity index (χ2n) is 5.69. The molecular formula is C20H19NO5S. The predicted molar refractivity (Wildman–Crippen MR) is 103 cm³/mol. The number of hydrogen-bond acceptors (Lipinski definition) is 6. The molecule has 1 atom stereocenters. The second kappa shape index (κ2) is 8.18. The Balaban J connectivity index is 2.10. The van der Waals surface area contributed by atoms with Gasteiger partial charge in [0.05, 0.1) is 14.2 Å². The summed E-state index contributed by atoms with van der Waals surface area (Å²) in [6.45, 7) is 1.59. The highest BCUT2D eigenvalue weighted by Crippen LogP contribution is 2.39. The molecule has 0 radical (unpaired) electrons. The molecule has 0 saturated heterocycles. The number of benzene rings is 2. The summed E-state index contributed by atoms with van der Waals surface area (Å²) in [7, 11) is 3.14. The molecule has 1 heterocycles. The Kier molecular flexibility index (Phi) is 5.71. The summed E-state index contributed by atoms with van der Waals surface area (Å²) in [5.41, 5.74) is 2.28. The molecule has 0 amide bonds. The number of nitrogens with zero attached hydrogens (tertiary/aromatic N) is 1. The van der Waals surface area contributed by atoms with Crippen molar-refractivity contribution in [3.8, 4) is 34.1 Å². The van der Waals surface area contributed by atoms with Crippen LogP contribution in [0, 0.1) is 0 Å². The van der Waals surface area contributed by atoms with E-state index in [4.69, 9.17) is 19.0 Å². The van der Waals surface area contributed by atoms with Crippen molar-refractivity contribution >= 4 is 17.7 Å². The van der Waals surface area contributed by atoms with Crippen LogP contribution < -0.4 is 9.47 Å². The van der Waals surface area contributed by atoms with Gasteiger partial charge in [-0.05, 0) is 25.1 Å². The summed E-state index contributed by atoms with van der Waals surface area (Å²) in [4.78, 5) is 15.7. The molecule has 1 unspecified atom stereocenters. The highest BCUT2D eigenvalue weighted by Gasteiger charge is 2.22. The van der Waals surface area contributed by atoms with Gasteiger partial charge in [0.2, 0.25) is 0 Å². The summed E-state index contributed by atoms with van der Waals surface area (Å²) in [5.74, 6) is 0.795. The average molecular weight is 385 g/mol. The second-order valence-corrected chi connectivity index (χ2v) is 6.98. The van der Waals surface area contributed by atoms with Crippen LogP contribution in [0.4, 0.5) is 0 Å². The average Bonchev–Trinajstić information content (AvgIpc) is 3.11. The molecule has 6 nitrogen and oxygen atoms in total. The molecule has 7 heteroatoms. The van der Waals surface area contributed by atoms with Gasteiger partial charge in [0, 0.05) is 11.1 Å². The van der Waals surface area contributed by atoms with Gasteiger partial charge in [0.25, 0.3) is 5.22 Å². The van der Waals surface area contributed by atoms with E-state index in [2.05, 4.69) is 4.98 Å². The minimum atomic E-state index is -0.924. The lowest BCUT2D eigenvalue weighted by molar-refractivity contribution is -0.136. The molecule has 0 bridgehead atoms. The zero-order valence-corrected chi connectivity index (χ0v) is 15.9. The van der Waals surface area contributed by atoms with Crippen molar-refractivity contribution in [3.05, 3.63) is 48.5 Å². The number of thioether (sulfide) groups is 1. The summed E-state index contributed by atoms with van der Waals surface area (Å²) in [6, 6.07) is 15.0. The maximum Gasteiger partial charge on any atom is 0.316 e. The van der Waals surface area contributed by atoms with Gasteiger partial charge in [0.15, 0.2) is 17.3 Å². The topological polar surface area (TPSA) is 81.8 Å². The monoisotopic (exact) mass is 385 g/mol. The van der Waals surface area contributed by atoms with E-state index in [0.717, 1.165) is 22.9 Å². The molecular weight excluding hydrogens is 366 g/mol. The number of methoxy groups -OCH3 is 2. The van der Waals surface area contributed by atoms with Crippen LogP contribution >= 0.6 is 11.8 Å². The van der Waals surface area contributed by atoms with Crippen LogP contribution in [0.5, 0.6) is 11.5 Å². The number of hydrogen-bond donors (Lipinski definition) is 1. The Bertz CT molecular complexity index is 939. The van der Waals surface area contributed by atoms with E-state index >= 15 is 0 Å². The van der Waals surface area contributed by atoms with Crippen molar-refractivity contribution in [1.29, 1.82) is 0 Å². The van der Waals surface area contributed by atoms with Crippen molar-refractivity contribution in [2.24, 2.45) is 0 Å². The molecule has 3 aromatic rings. The highest BCUT2D eigenvalue weighted by atomic mass is 32.2. The summed E-state index contributed by atoms with van der Waals surface area (Å²) in [5, 5.41) is 8.78. The minimum absolute atomic E-state index is 0.300. The quantitative estimate of drug-likeness (QED) is 0.596. The maximum absolute atomic E-state index is 11.2. The first-order valence-electron chi connectivity index (χ1n) is 8.21. The van der Waals surface area contributed by atoms with Crippen LogP contribution in [0.2, 0.25) is 0 Å². The zero-order valence-electron chi connectivity index (χ0n) is 15.1. The first-order chi connectivity index (χ1) is 13.0. The van der Waals surface area contributed by atoms with E-state index in [1.54, 1.807) is 33.3 Å². The van der Waals surface area contributed by atoms with Crippen molar-refractivity contribution in [2.45, 2.75) is 17.4 Å². The van der Waals surface area contributed by atoms with Gasteiger partial charge in [-0.25, -0.2) is 4.98 Å². The number of ether oxygens (including phenoxy) is 2. The normalized spacial score (nSPS) is 11.8. The van der Waals surface area contributed by atoms with Crippen molar-refractivity contribution < 1.29 is 23.8 Å². The van der Waals surface area contributed by atoms with E-state index in [0.29, 0.717) is 28.2 Å². The fraction of sp³-hybridized carbons (Fsp3) is 0.200. The molecule has 140 valence electrons. The van der Waals surface area contributed by atoms with E-state index in [-0.39, 0.29) is 0 Å². The lowest BCUT2D eigenvalue weighted by atomic mass is 10.1. The van der Waals surface area contributed by atoms with E-state index < -0.39 is 11.2 Å². The van der Waals surface area contributed by atoms with Gasteiger partial charge in [-0.15, -0.1) is 0 Å². The lowest BCUT2D eigenvalue weighted by Gasteiger charge is -2.09. The number of aromatic nitrogens is 1. The Labute approximate surface area is 161 Å². The number of aliphatic carboxylic acids is 1. The molecule has 0 aliphatic rings. The Morgan fingerprint density at radius 3 is 2.41 bits per heavy atom. The predicted octanol–water partition coefficient (Wildman–Crippen LogP) is 4.59. The Morgan fingerprint density at radius 2 is 1.78 bits per heavy atom. The molecule has 0 aliphatic heterocycles. The third-order valence-electron chi connectivity index (χ3n) is 3.93. The summed E-state index contributed by atoms with van der Waals surface area (Å²) < 4.78 is 16.6. The molecule has 0 saturated carbocycles. The maximum atomic E-state index is 11.2. The van der Waals surface area contributed by atoms with E-state index in [9.17, 15) is 4.79 Å². The number of oxazole rings is 1. The fourth-order valence-corrected chi connectivity index (χ4v) is 3.20. The van der Waals surface area contributed by atoms with Crippen molar-refractivity contribution in [2.75, 3.05) is 14.2 Å². The van der Waals surface area contributed by atoms with Crippen LogP contribution in [0.3, 0.4) is 0 Å². The standard InChI is InChI=1S/C20H19NO5S/c1-12(19(22)23)27-20-21-17(13-7-5-4-6-8-13)18(26-20)14-9-10-15(24-2)16(11-14)25-3/h4-12H,1-3H3,(H,22,23). The lowest BCUT2D eigenvalue weighted by Crippen LogP contribution is -2.10. The SMILES string of the molecule is COc1ccc(-c2oc(SC(C)C(=O)O)nc2-c2ccccc2)cc1OC. The minimum Gasteiger partial charge on any atom is -0.493 e. The summed E-state index contributed by atoms with van der Waals surface area (Å²) in [6.07, 6.45) is 0. The van der Waals surface area contributed by atoms with Gasteiger partial charge in [0.1, 0.15) is 10.9 Å². The Morgan fingerprint density at radius 1 is 1.07 bits per heavy atom. The van der Waals surface area contributed by atoms with E-state index in [1.807, 2.05) is 36.4 Å². The third-order valence-corrected chi connectivity index (χ3v) is 4.86. The summed E-state index contributed by atoms with van der Waals surface area (Å²) >= 11 is 1.06. The molecule has 1 N–H and O–H groups in total. The first-order valence-corrected chi connectivity index (χ1v) is 9.09. The van der Waals surface area contributed by atoms with Crippen molar-refractivity contribution in [1.82, 2.24) is 4.98 Å². The molecule has 0 spiro atoms. The smallest absolute Gasteiger partial charge is 0.316 e. The molecule has 1 aromatic heterocycles. The zero-order chi connectivity index (χ0) is 19.4. The van der Waals surface area contributed by atoms with Crippen LogP contribution in [0.15, 0.2) is 58.2 Å². The Hall–Kier alpha value is -2.93. The van der Waals surface area contributed by atoms with Gasteiger partial charge < -0.3 is 19.0 Å². The molecule has 0 aliphatic carbocycles. The number of carboxylic acid groups (broad SMARTS) is 1. The highest BCUT2D eigenvalue weighted by molar-refractivity contribution is 8.00. The van der Waals surface area contributed by atoms with Gasteiger partial charge in [-0.1, -0.05) is 42.1 Å². The van der Waals surface area contributed by atoms with Crippen LogP contribution in [-0.4, -0.2) is 35.5 Å². The largest absolute Gasteiger partial charge is 0.493 e. The van der Waals surface area contributed by atoms with Crippen molar-refractivity contribution in [3.63, 3.8) is 0 Å². The first kappa shape index (κ1) is 18.8. The molecule has 0 fully saturated rings. The van der Waals surface area contributed by atoms with Crippen LogP contribution in [-0.2, 0) is 4.79 Å². The van der Waals surface area contributed by atoms with Crippen LogP contribution in [0.25, 0.3) is 22.6 Å². The molecule has 3 rings (SSSR count). The fourth-order valence-electron chi connectivity index (χ4n) is 2.52. The third kappa shape index (κ3) is 4.09. The van der Waals surface area contributed by atoms with Gasteiger partial charge in [-0.2, -0.15) is 0 Å². The van der Waals surface area contributed by atoms with E-state index in [1.165, 1.54) is 0 Å². The van der Waals surface area contributed by atoms with Gasteiger partial charge in [-0.3, -0.25) is 4.79 Å². The number of rotatable bonds is 7. The number of carboxylic acids is 1. The molecule has 2 aromatic carbocycles. The van der Waals surface area contributed by atoms with Crippen LogP contribution in [0.1, 0.15) is 6.92 Å². The molecule has 27 heavy (non-hydrogen) atoms. The van der Waals surface area contributed by atoms with Gasteiger partial charge >= 0.3 is 5.97 Å². The number of carbonyl (C=O) groups is 1.